The molecule has 0 saturated heterocycles. The van der Waals surface area contributed by atoms with Crippen molar-refractivity contribution in [3.8, 4) is 11.5 Å². The van der Waals surface area contributed by atoms with Gasteiger partial charge < -0.3 is 14.8 Å². The fourth-order valence-corrected chi connectivity index (χ4v) is 6.60. The fraction of sp³-hybridized carbons (Fsp3) is 0.565. The van der Waals surface area contributed by atoms with Crippen LogP contribution in [0.4, 0.5) is 0 Å². The van der Waals surface area contributed by atoms with Gasteiger partial charge in [-0.3, -0.25) is 0 Å². The lowest BCUT2D eigenvalue weighted by atomic mass is 9.54. The Morgan fingerprint density at radius 2 is 1.75 bits per heavy atom. The summed E-state index contributed by atoms with van der Waals surface area (Å²) in [6, 6.07) is 11.2. The van der Waals surface area contributed by atoms with Crippen molar-refractivity contribution in [2.24, 2.45) is 23.7 Å². The largest absolute Gasteiger partial charge is 0.493 e. The maximum atomic E-state index is 5.96. The van der Waals surface area contributed by atoms with Gasteiger partial charge in [-0.2, -0.15) is 0 Å². The van der Waals surface area contributed by atoms with Crippen LogP contribution in [0.15, 0.2) is 35.7 Å². The fourth-order valence-electron chi connectivity index (χ4n) is 5.98. The number of thiophene rings is 1. The smallest absolute Gasteiger partial charge is 0.161 e. The first kappa shape index (κ1) is 20.1. The zero-order valence-electron chi connectivity index (χ0n) is 16.4. The highest BCUT2D eigenvalue weighted by Crippen LogP contribution is 2.53. The third-order valence-electron chi connectivity index (χ3n) is 6.95. The highest BCUT2D eigenvalue weighted by atomic mass is 35.5. The topological polar surface area (TPSA) is 30.5 Å². The van der Waals surface area contributed by atoms with Gasteiger partial charge in [-0.05, 0) is 84.9 Å². The van der Waals surface area contributed by atoms with Crippen LogP contribution in [0.1, 0.15) is 42.5 Å². The summed E-state index contributed by atoms with van der Waals surface area (Å²) in [5, 5.41) is 5.99. The van der Waals surface area contributed by atoms with Crippen LogP contribution >= 0.6 is 23.7 Å². The summed E-state index contributed by atoms with van der Waals surface area (Å²) in [6.45, 7) is 1.52. The minimum atomic E-state index is 0. The molecule has 0 amide bonds. The van der Waals surface area contributed by atoms with Gasteiger partial charge in [0.05, 0.1) is 7.11 Å². The molecule has 4 aliphatic carbocycles. The van der Waals surface area contributed by atoms with Crippen molar-refractivity contribution in [1.82, 2.24) is 5.32 Å². The molecule has 1 aromatic carbocycles. The van der Waals surface area contributed by atoms with Crippen LogP contribution in [-0.4, -0.2) is 13.2 Å². The molecular formula is C23H30ClNO2S. The van der Waals surface area contributed by atoms with E-state index in [1.165, 1.54) is 42.5 Å². The highest BCUT2D eigenvalue weighted by molar-refractivity contribution is 7.09. The first-order valence-electron chi connectivity index (χ1n) is 10.3. The number of hydrogen-bond acceptors (Lipinski definition) is 4. The van der Waals surface area contributed by atoms with E-state index in [9.17, 15) is 0 Å². The second-order valence-corrected chi connectivity index (χ2v) is 9.72. The molecule has 1 heterocycles. The normalized spacial score (nSPS) is 30.1. The first-order chi connectivity index (χ1) is 13.3. The van der Waals surface area contributed by atoms with E-state index in [0.717, 1.165) is 47.8 Å². The molecule has 4 saturated carbocycles. The Balaban J connectivity index is 0.00000192. The van der Waals surface area contributed by atoms with Crippen LogP contribution in [0.5, 0.6) is 11.5 Å². The van der Waals surface area contributed by atoms with Gasteiger partial charge in [0, 0.05) is 17.5 Å². The van der Waals surface area contributed by atoms with Crippen LogP contribution < -0.4 is 14.8 Å². The molecule has 3 nitrogen and oxygen atoms in total. The lowest BCUT2D eigenvalue weighted by Crippen LogP contribution is -2.54. The lowest BCUT2D eigenvalue weighted by Gasteiger charge is -2.54. The third kappa shape index (κ3) is 4.05. The Morgan fingerprint density at radius 1 is 1.00 bits per heavy atom. The van der Waals surface area contributed by atoms with Crippen molar-refractivity contribution in [2.45, 2.75) is 51.3 Å². The molecular weight excluding hydrogens is 390 g/mol. The second kappa shape index (κ2) is 8.64. The number of methoxy groups -OCH3 is 1. The van der Waals surface area contributed by atoms with Crippen molar-refractivity contribution in [1.29, 1.82) is 0 Å². The lowest BCUT2D eigenvalue weighted by molar-refractivity contribution is -0.0142. The second-order valence-electron chi connectivity index (χ2n) is 8.69. The standard InChI is InChI=1S/C23H29NO2S.ClH/c1-25-22-12-15(4-5-21(22)26-14-20-3-2-6-27-20)13-24-23-18-8-16-7-17(10-18)11-19(23)9-16;/h2-6,12,16-19,23-24H,7-11,13-14H2,1H3;1H. The Kier molecular flexibility index (Phi) is 6.19. The maximum absolute atomic E-state index is 5.96. The molecule has 4 aliphatic rings. The summed E-state index contributed by atoms with van der Waals surface area (Å²) < 4.78 is 11.6. The van der Waals surface area contributed by atoms with Crippen LogP contribution in [0, 0.1) is 23.7 Å². The summed E-state index contributed by atoms with van der Waals surface area (Å²) in [5.74, 6) is 5.55. The molecule has 1 aromatic heterocycles. The summed E-state index contributed by atoms with van der Waals surface area (Å²) in [5.41, 5.74) is 1.28. The van der Waals surface area contributed by atoms with Gasteiger partial charge in [0.25, 0.3) is 0 Å². The number of benzene rings is 1. The summed E-state index contributed by atoms with van der Waals surface area (Å²) in [4.78, 5) is 1.23. The summed E-state index contributed by atoms with van der Waals surface area (Å²) >= 11 is 1.72. The average Bonchev–Trinajstić information content (AvgIpc) is 3.19. The number of rotatable bonds is 7. The monoisotopic (exact) mass is 419 g/mol. The Hall–Kier alpha value is -1.23. The molecule has 4 fully saturated rings. The molecule has 1 N–H and O–H groups in total. The molecule has 5 heteroatoms. The maximum Gasteiger partial charge on any atom is 0.161 e. The number of ether oxygens (including phenoxy) is 2. The van der Waals surface area contributed by atoms with E-state index in [0.29, 0.717) is 6.61 Å². The Labute approximate surface area is 178 Å². The SMILES string of the molecule is COc1cc(CNC2C3CC4CC(C3)CC2C4)ccc1OCc1cccs1.Cl. The Morgan fingerprint density at radius 3 is 2.39 bits per heavy atom. The van der Waals surface area contributed by atoms with Crippen LogP contribution in [0.25, 0.3) is 0 Å². The molecule has 2 aromatic rings. The number of hydrogen-bond donors (Lipinski definition) is 1. The molecule has 28 heavy (non-hydrogen) atoms. The van der Waals surface area contributed by atoms with Crippen molar-refractivity contribution in [3.63, 3.8) is 0 Å². The number of nitrogens with one attached hydrogen (secondary N) is 1. The van der Waals surface area contributed by atoms with Crippen LogP contribution in [0.2, 0.25) is 0 Å². The quantitative estimate of drug-likeness (QED) is 0.626. The minimum Gasteiger partial charge on any atom is -0.493 e. The predicted octanol–water partition coefficient (Wildman–Crippen LogP) is 5.67. The Bertz CT molecular complexity index is 751. The van der Waals surface area contributed by atoms with E-state index in [1.807, 2.05) is 0 Å². The summed E-state index contributed by atoms with van der Waals surface area (Å²) in [7, 11) is 1.72. The average molecular weight is 420 g/mol. The number of halogens is 1. The predicted molar refractivity (Wildman–Crippen MR) is 117 cm³/mol. The molecule has 0 unspecified atom stereocenters. The van der Waals surface area contributed by atoms with Gasteiger partial charge in [0.1, 0.15) is 6.61 Å². The zero-order valence-corrected chi connectivity index (χ0v) is 18.1. The van der Waals surface area contributed by atoms with Crippen molar-refractivity contribution < 1.29 is 9.47 Å². The van der Waals surface area contributed by atoms with E-state index in [1.54, 1.807) is 18.4 Å². The van der Waals surface area contributed by atoms with E-state index in [-0.39, 0.29) is 12.4 Å². The third-order valence-corrected chi connectivity index (χ3v) is 7.80. The van der Waals surface area contributed by atoms with Crippen molar-refractivity contribution in [3.05, 3.63) is 46.2 Å². The summed E-state index contributed by atoms with van der Waals surface area (Å²) in [6.07, 6.45) is 7.36. The van der Waals surface area contributed by atoms with Gasteiger partial charge in [0.15, 0.2) is 11.5 Å². The molecule has 0 spiro atoms. The van der Waals surface area contributed by atoms with Crippen molar-refractivity contribution >= 4 is 23.7 Å². The van der Waals surface area contributed by atoms with Gasteiger partial charge in [-0.1, -0.05) is 12.1 Å². The highest BCUT2D eigenvalue weighted by Gasteiger charge is 2.47. The van der Waals surface area contributed by atoms with E-state index >= 15 is 0 Å². The van der Waals surface area contributed by atoms with Crippen molar-refractivity contribution in [2.75, 3.05) is 7.11 Å². The molecule has 0 atom stereocenters. The van der Waals surface area contributed by atoms with E-state index in [4.69, 9.17) is 9.47 Å². The van der Waals surface area contributed by atoms with Gasteiger partial charge in [-0.15, -0.1) is 23.7 Å². The first-order valence-corrected chi connectivity index (χ1v) is 11.2. The molecule has 4 bridgehead atoms. The van der Waals surface area contributed by atoms with E-state index in [2.05, 4.69) is 41.0 Å². The van der Waals surface area contributed by atoms with Crippen LogP contribution in [-0.2, 0) is 13.2 Å². The molecule has 152 valence electrons. The van der Waals surface area contributed by atoms with Gasteiger partial charge in [-0.25, -0.2) is 0 Å². The van der Waals surface area contributed by atoms with Gasteiger partial charge in [0.2, 0.25) is 0 Å². The molecule has 0 aliphatic heterocycles. The minimum absolute atomic E-state index is 0. The zero-order chi connectivity index (χ0) is 18.2. The molecule has 0 radical (unpaired) electrons. The van der Waals surface area contributed by atoms with Gasteiger partial charge >= 0.3 is 0 Å². The van der Waals surface area contributed by atoms with Crippen LogP contribution in [0.3, 0.4) is 0 Å². The molecule has 6 rings (SSSR count). The van der Waals surface area contributed by atoms with E-state index < -0.39 is 0 Å².